The molecule has 1 aromatic heterocycles. The minimum absolute atomic E-state index is 0.0503. The second-order valence-corrected chi connectivity index (χ2v) is 10.0. The summed E-state index contributed by atoms with van der Waals surface area (Å²) in [5.74, 6) is -0.278. The summed E-state index contributed by atoms with van der Waals surface area (Å²) in [6.07, 6.45) is 2.66. The fraction of sp³-hybridized carbons (Fsp3) is 0.333. The molecule has 0 atom stereocenters. The van der Waals surface area contributed by atoms with Crippen LogP contribution >= 0.6 is 0 Å². The smallest absolute Gasteiger partial charge is 0.243 e. The van der Waals surface area contributed by atoms with Crippen molar-refractivity contribution in [3.05, 3.63) is 66.4 Å². The lowest BCUT2D eigenvalue weighted by molar-refractivity contribution is -0.131. The molecule has 4 rings (SSSR count). The van der Waals surface area contributed by atoms with Gasteiger partial charge in [0.2, 0.25) is 21.8 Å². The number of aromatic nitrogens is 1. The van der Waals surface area contributed by atoms with E-state index >= 15 is 0 Å². The standard InChI is InChI=1S/C24H28N4O4S/c29-23-11-15-28(33(31,32)20-7-2-1-3-8-20)14-6-13-27(16-12-25-23)24(30)17-19-18-26-22-10-5-4-9-21(19)22/h1-5,7-10,18,26H,6,11-17H2,(H,25,29). The topological polar surface area (TPSA) is 103 Å². The summed E-state index contributed by atoms with van der Waals surface area (Å²) >= 11 is 0. The molecule has 0 saturated carbocycles. The number of carbonyl (C=O) groups is 2. The fourth-order valence-electron chi connectivity index (χ4n) is 4.09. The summed E-state index contributed by atoms with van der Waals surface area (Å²) in [4.78, 5) is 30.5. The lowest BCUT2D eigenvalue weighted by atomic mass is 10.1. The molecule has 0 spiro atoms. The van der Waals surface area contributed by atoms with Crippen LogP contribution in [0.3, 0.4) is 0 Å². The van der Waals surface area contributed by atoms with Gasteiger partial charge in [0.15, 0.2) is 0 Å². The van der Waals surface area contributed by atoms with Crippen LogP contribution in [-0.2, 0) is 26.0 Å². The molecule has 33 heavy (non-hydrogen) atoms. The molecule has 2 heterocycles. The lowest BCUT2D eigenvalue weighted by Gasteiger charge is -2.25. The Balaban J connectivity index is 1.48. The molecule has 2 aromatic carbocycles. The highest BCUT2D eigenvalue weighted by Gasteiger charge is 2.26. The molecule has 2 N–H and O–H groups in total. The Hall–Kier alpha value is -3.17. The maximum atomic E-state index is 13.1. The maximum absolute atomic E-state index is 13.1. The van der Waals surface area contributed by atoms with Crippen LogP contribution in [0.1, 0.15) is 18.4 Å². The van der Waals surface area contributed by atoms with E-state index < -0.39 is 10.0 Å². The molecule has 1 aliphatic heterocycles. The number of amides is 2. The van der Waals surface area contributed by atoms with Gasteiger partial charge in [0.1, 0.15) is 0 Å². The number of para-hydroxylation sites is 1. The second kappa shape index (κ2) is 10.2. The Kier molecular flexibility index (Phi) is 7.10. The monoisotopic (exact) mass is 468 g/mol. The third-order valence-corrected chi connectivity index (χ3v) is 7.79. The second-order valence-electron chi connectivity index (χ2n) is 8.09. The minimum atomic E-state index is -3.72. The van der Waals surface area contributed by atoms with Crippen LogP contribution < -0.4 is 5.32 Å². The van der Waals surface area contributed by atoms with Gasteiger partial charge in [-0.3, -0.25) is 9.59 Å². The molecule has 0 bridgehead atoms. The summed E-state index contributed by atoms with van der Waals surface area (Å²) in [6.45, 7) is 1.48. The van der Waals surface area contributed by atoms with Gasteiger partial charge in [-0.15, -0.1) is 0 Å². The number of hydrogen-bond donors (Lipinski definition) is 2. The van der Waals surface area contributed by atoms with Crippen molar-refractivity contribution < 1.29 is 18.0 Å². The predicted molar refractivity (Wildman–Crippen MR) is 126 cm³/mol. The van der Waals surface area contributed by atoms with Crippen LogP contribution in [0.4, 0.5) is 0 Å². The van der Waals surface area contributed by atoms with E-state index in [2.05, 4.69) is 10.3 Å². The van der Waals surface area contributed by atoms with Gasteiger partial charge >= 0.3 is 0 Å². The zero-order valence-electron chi connectivity index (χ0n) is 18.4. The number of rotatable bonds is 4. The van der Waals surface area contributed by atoms with Gasteiger partial charge in [-0.05, 0) is 30.2 Å². The van der Waals surface area contributed by atoms with Crippen LogP contribution in [0.2, 0.25) is 0 Å². The van der Waals surface area contributed by atoms with Crippen LogP contribution in [0.5, 0.6) is 0 Å². The van der Waals surface area contributed by atoms with Crippen molar-refractivity contribution in [2.75, 3.05) is 32.7 Å². The van der Waals surface area contributed by atoms with Crippen LogP contribution in [-0.4, -0.2) is 67.1 Å². The fourth-order valence-corrected chi connectivity index (χ4v) is 5.59. The highest BCUT2D eigenvalue weighted by Crippen LogP contribution is 2.19. The molecule has 0 aliphatic carbocycles. The molecule has 1 aliphatic rings. The Morgan fingerprint density at radius 2 is 1.70 bits per heavy atom. The highest BCUT2D eigenvalue weighted by molar-refractivity contribution is 7.89. The number of nitrogens with one attached hydrogen (secondary N) is 2. The van der Waals surface area contributed by atoms with Gasteiger partial charge in [0.05, 0.1) is 11.3 Å². The first-order valence-corrected chi connectivity index (χ1v) is 12.5. The molecule has 0 unspecified atom stereocenters. The molecule has 174 valence electrons. The minimum Gasteiger partial charge on any atom is -0.361 e. The number of hydrogen-bond acceptors (Lipinski definition) is 4. The summed E-state index contributed by atoms with van der Waals surface area (Å²) in [6, 6.07) is 16.0. The largest absolute Gasteiger partial charge is 0.361 e. The number of sulfonamides is 1. The zero-order chi connectivity index (χ0) is 23.3. The summed E-state index contributed by atoms with van der Waals surface area (Å²) < 4.78 is 27.6. The Labute approximate surface area is 193 Å². The number of fused-ring (bicyclic) bond motifs is 1. The average molecular weight is 469 g/mol. The van der Waals surface area contributed by atoms with Crippen molar-refractivity contribution >= 4 is 32.7 Å². The quantitative estimate of drug-likeness (QED) is 0.612. The highest BCUT2D eigenvalue weighted by atomic mass is 32.2. The van der Waals surface area contributed by atoms with Crippen molar-refractivity contribution in [1.82, 2.24) is 19.5 Å². The third kappa shape index (κ3) is 5.43. The van der Waals surface area contributed by atoms with E-state index in [0.29, 0.717) is 26.1 Å². The van der Waals surface area contributed by atoms with Gasteiger partial charge in [-0.2, -0.15) is 4.31 Å². The first-order valence-electron chi connectivity index (χ1n) is 11.1. The molecule has 2 amide bonds. The van der Waals surface area contributed by atoms with Gasteiger partial charge < -0.3 is 15.2 Å². The summed E-state index contributed by atoms with van der Waals surface area (Å²) in [5.41, 5.74) is 1.90. The van der Waals surface area contributed by atoms with E-state index in [4.69, 9.17) is 0 Å². The Bertz CT molecular complexity index is 1220. The SMILES string of the molecule is O=C1CCN(S(=O)(=O)c2ccccc2)CCCN(C(=O)Cc2c[nH]c3ccccc23)CCN1. The summed E-state index contributed by atoms with van der Waals surface area (Å²) in [5, 5.41) is 3.82. The number of benzene rings is 2. The molecule has 1 saturated heterocycles. The van der Waals surface area contributed by atoms with Gasteiger partial charge in [0.25, 0.3) is 0 Å². The molecular formula is C24H28N4O4S. The first-order chi connectivity index (χ1) is 15.9. The molecule has 0 radical (unpaired) electrons. The Morgan fingerprint density at radius 3 is 2.52 bits per heavy atom. The number of nitrogens with zero attached hydrogens (tertiary/aromatic N) is 2. The van der Waals surface area contributed by atoms with Crippen LogP contribution in [0, 0.1) is 0 Å². The first kappa shape index (κ1) is 23.0. The average Bonchev–Trinajstić information content (AvgIpc) is 3.21. The molecular weight excluding hydrogens is 440 g/mol. The molecule has 1 fully saturated rings. The number of carbonyl (C=O) groups excluding carboxylic acids is 2. The van der Waals surface area contributed by atoms with E-state index in [-0.39, 0.29) is 42.6 Å². The number of H-pyrrole nitrogens is 1. The van der Waals surface area contributed by atoms with Crippen molar-refractivity contribution in [3.63, 3.8) is 0 Å². The van der Waals surface area contributed by atoms with E-state index in [1.54, 1.807) is 35.2 Å². The predicted octanol–water partition coefficient (Wildman–Crippen LogP) is 2.14. The maximum Gasteiger partial charge on any atom is 0.243 e. The molecule has 8 nitrogen and oxygen atoms in total. The summed E-state index contributed by atoms with van der Waals surface area (Å²) in [7, 11) is -3.72. The van der Waals surface area contributed by atoms with Crippen molar-refractivity contribution in [2.24, 2.45) is 0 Å². The van der Waals surface area contributed by atoms with Crippen molar-refractivity contribution in [2.45, 2.75) is 24.2 Å². The zero-order valence-corrected chi connectivity index (χ0v) is 19.2. The molecule has 9 heteroatoms. The van der Waals surface area contributed by atoms with E-state index in [1.807, 2.05) is 30.5 Å². The van der Waals surface area contributed by atoms with Gasteiger partial charge in [0, 0.05) is 56.2 Å². The van der Waals surface area contributed by atoms with Crippen molar-refractivity contribution in [1.29, 1.82) is 0 Å². The van der Waals surface area contributed by atoms with Gasteiger partial charge in [-0.1, -0.05) is 36.4 Å². The lowest BCUT2D eigenvalue weighted by Crippen LogP contribution is -2.40. The third-order valence-electron chi connectivity index (χ3n) is 5.88. The van der Waals surface area contributed by atoms with E-state index in [0.717, 1.165) is 16.5 Å². The van der Waals surface area contributed by atoms with Gasteiger partial charge in [-0.25, -0.2) is 8.42 Å². The normalized spacial score (nSPS) is 16.8. The van der Waals surface area contributed by atoms with E-state index in [9.17, 15) is 18.0 Å². The number of aromatic amines is 1. The van der Waals surface area contributed by atoms with Crippen LogP contribution in [0.15, 0.2) is 65.7 Å². The molecule has 3 aromatic rings. The van der Waals surface area contributed by atoms with Crippen LogP contribution in [0.25, 0.3) is 10.9 Å². The van der Waals surface area contributed by atoms with Crippen molar-refractivity contribution in [3.8, 4) is 0 Å². The Morgan fingerprint density at radius 1 is 0.939 bits per heavy atom. The van der Waals surface area contributed by atoms with E-state index in [1.165, 1.54) is 4.31 Å².